The summed E-state index contributed by atoms with van der Waals surface area (Å²) in [6.07, 6.45) is 1.23. The van der Waals surface area contributed by atoms with Crippen molar-refractivity contribution < 1.29 is 9.53 Å². The summed E-state index contributed by atoms with van der Waals surface area (Å²) in [5.41, 5.74) is -0.575. The Labute approximate surface area is 105 Å². The lowest BCUT2D eigenvalue weighted by Crippen LogP contribution is -2.57. The predicted molar refractivity (Wildman–Crippen MR) is 68.9 cm³/mol. The molecule has 1 saturated heterocycles. The quantitative estimate of drug-likeness (QED) is 0.712. The van der Waals surface area contributed by atoms with Crippen LogP contribution in [-0.4, -0.2) is 49.2 Å². The monoisotopic (exact) mass is 242 g/mol. The second-order valence-corrected chi connectivity index (χ2v) is 5.21. The van der Waals surface area contributed by atoms with Gasteiger partial charge in [0.2, 0.25) is 0 Å². The van der Waals surface area contributed by atoms with E-state index < -0.39 is 5.54 Å². The Morgan fingerprint density at radius 3 is 2.71 bits per heavy atom. The minimum atomic E-state index is -0.575. The zero-order chi connectivity index (χ0) is 12.9. The van der Waals surface area contributed by atoms with Crippen LogP contribution in [0.3, 0.4) is 0 Å². The van der Waals surface area contributed by atoms with Gasteiger partial charge >= 0.3 is 5.97 Å². The lowest BCUT2D eigenvalue weighted by atomic mass is 10.0. The molecule has 1 rings (SSSR count). The van der Waals surface area contributed by atoms with E-state index >= 15 is 0 Å². The molecule has 4 nitrogen and oxygen atoms in total. The van der Waals surface area contributed by atoms with E-state index in [1.54, 1.807) is 0 Å². The Morgan fingerprint density at radius 2 is 2.24 bits per heavy atom. The topological polar surface area (TPSA) is 41.6 Å². The predicted octanol–water partition coefficient (Wildman–Crippen LogP) is 1.26. The largest absolute Gasteiger partial charge is 0.465 e. The molecule has 0 aliphatic carbocycles. The van der Waals surface area contributed by atoms with E-state index in [9.17, 15) is 4.79 Å². The zero-order valence-electron chi connectivity index (χ0n) is 11.6. The zero-order valence-corrected chi connectivity index (χ0v) is 11.6. The first-order valence-corrected chi connectivity index (χ1v) is 6.66. The van der Waals surface area contributed by atoms with E-state index in [1.807, 2.05) is 20.8 Å². The molecule has 1 aliphatic heterocycles. The molecule has 0 spiro atoms. The highest BCUT2D eigenvalue weighted by Crippen LogP contribution is 2.19. The van der Waals surface area contributed by atoms with Gasteiger partial charge in [0.25, 0.3) is 0 Å². The Balaban J connectivity index is 2.60. The summed E-state index contributed by atoms with van der Waals surface area (Å²) in [5, 5.41) is 3.27. The summed E-state index contributed by atoms with van der Waals surface area (Å²) < 4.78 is 5.17. The molecule has 0 aromatic heterocycles. The molecule has 0 aromatic rings. The van der Waals surface area contributed by atoms with Crippen LogP contribution in [0, 0.1) is 5.92 Å². The van der Waals surface area contributed by atoms with Gasteiger partial charge in [-0.05, 0) is 39.3 Å². The summed E-state index contributed by atoms with van der Waals surface area (Å²) in [7, 11) is 0. The van der Waals surface area contributed by atoms with Crippen molar-refractivity contribution in [2.24, 2.45) is 5.92 Å². The van der Waals surface area contributed by atoms with Crippen molar-refractivity contribution in [1.29, 1.82) is 0 Å². The fourth-order valence-corrected chi connectivity index (χ4v) is 2.49. The lowest BCUT2D eigenvalue weighted by molar-refractivity contribution is -0.151. The molecule has 4 heteroatoms. The van der Waals surface area contributed by atoms with Gasteiger partial charge in [-0.25, -0.2) is 0 Å². The van der Waals surface area contributed by atoms with Crippen LogP contribution in [0.1, 0.15) is 34.1 Å². The number of carbonyl (C=O) groups is 1. The molecule has 100 valence electrons. The van der Waals surface area contributed by atoms with E-state index in [0.717, 1.165) is 32.1 Å². The molecule has 0 radical (unpaired) electrons. The van der Waals surface area contributed by atoms with Crippen LogP contribution in [0.4, 0.5) is 0 Å². The van der Waals surface area contributed by atoms with Crippen molar-refractivity contribution in [3.63, 3.8) is 0 Å². The molecule has 0 saturated carbocycles. The summed E-state index contributed by atoms with van der Waals surface area (Å²) in [5.74, 6) is 0.601. The highest BCUT2D eigenvalue weighted by molar-refractivity contribution is 5.80. The van der Waals surface area contributed by atoms with E-state index in [-0.39, 0.29) is 5.97 Å². The molecular formula is C13H26N2O2. The maximum atomic E-state index is 12.0. The Morgan fingerprint density at radius 1 is 1.53 bits per heavy atom. The molecule has 17 heavy (non-hydrogen) atoms. The van der Waals surface area contributed by atoms with Crippen molar-refractivity contribution in [2.75, 3.05) is 32.8 Å². The summed E-state index contributed by atoms with van der Waals surface area (Å²) in [6.45, 7) is 12.2. The van der Waals surface area contributed by atoms with Gasteiger partial charge in [0.15, 0.2) is 0 Å². The number of likely N-dealkylation sites (tertiary alicyclic amines) is 1. The summed E-state index contributed by atoms with van der Waals surface area (Å²) in [6, 6.07) is 0. The van der Waals surface area contributed by atoms with E-state index in [2.05, 4.69) is 17.1 Å². The smallest absolute Gasteiger partial charge is 0.327 e. The fourth-order valence-electron chi connectivity index (χ4n) is 2.49. The van der Waals surface area contributed by atoms with E-state index in [1.165, 1.54) is 6.42 Å². The molecule has 1 aliphatic rings. The number of nitrogens with one attached hydrogen (secondary N) is 1. The number of hydrogen-bond acceptors (Lipinski definition) is 4. The van der Waals surface area contributed by atoms with Crippen LogP contribution in [-0.2, 0) is 9.53 Å². The third-order valence-electron chi connectivity index (χ3n) is 3.34. The lowest BCUT2D eigenvalue weighted by Gasteiger charge is -2.32. The maximum absolute atomic E-state index is 12.0. The van der Waals surface area contributed by atoms with Gasteiger partial charge in [-0.15, -0.1) is 0 Å². The average molecular weight is 242 g/mol. The van der Waals surface area contributed by atoms with Crippen molar-refractivity contribution >= 4 is 5.97 Å². The van der Waals surface area contributed by atoms with Crippen LogP contribution in [0.2, 0.25) is 0 Å². The Kier molecular flexibility index (Phi) is 5.40. The molecule has 2 atom stereocenters. The molecule has 1 heterocycles. The third-order valence-corrected chi connectivity index (χ3v) is 3.34. The molecule has 0 aromatic carbocycles. The van der Waals surface area contributed by atoms with Gasteiger partial charge in [-0.1, -0.05) is 13.8 Å². The summed E-state index contributed by atoms with van der Waals surface area (Å²) >= 11 is 0. The van der Waals surface area contributed by atoms with Gasteiger partial charge in [-0.3, -0.25) is 4.79 Å². The number of rotatable bonds is 6. The number of carbonyl (C=O) groups excluding carboxylic acids is 1. The van der Waals surface area contributed by atoms with Crippen molar-refractivity contribution in [3.8, 4) is 0 Å². The van der Waals surface area contributed by atoms with Crippen LogP contribution in [0.15, 0.2) is 0 Å². The van der Waals surface area contributed by atoms with Gasteiger partial charge in [0.05, 0.1) is 6.61 Å². The molecule has 0 amide bonds. The highest BCUT2D eigenvalue weighted by atomic mass is 16.5. The minimum absolute atomic E-state index is 0.138. The summed E-state index contributed by atoms with van der Waals surface area (Å²) in [4.78, 5) is 14.4. The van der Waals surface area contributed by atoms with Gasteiger partial charge in [0.1, 0.15) is 5.54 Å². The normalized spacial score (nSPS) is 24.6. The SMILES string of the molecule is CCNC(C)(CN1CCC(C)C1)C(=O)OCC. The fraction of sp³-hybridized carbons (Fsp3) is 0.923. The maximum Gasteiger partial charge on any atom is 0.327 e. The number of likely N-dealkylation sites (N-methyl/N-ethyl adjacent to an activating group) is 1. The number of ether oxygens (including phenoxy) is 1. The first-order chi connectivity index (χ1) is 8.01. The molecule has 0 bridgehead atoms. The second kappa shape index (κ2) is 6.36. The molecule has 1 N–H and O–H groups in total. The molecule has 2 unspecified atom stereocenters. The van der Waals surface area contributed by atoms with Gasteiger partial charge in [0, 0.05) is 13.1 Å². The molecular weight excluding hydrogens is 216 g/mol. The number of esters is 1. The minimum Gasteiger partial charge on any atom is -0.465 e. The van der Waals surface area contributed by atoms with Crippen molar-refractivity contribution in [2.45, 2.75) is 39.7 Å². The van der Waals surface area contributed by atoms with Crippen LogP contribution >= 0.6 is 0 Å². The van der Waals surface area contributed by atoms with E-state index in [0.29, 0.717) is 6.61 Å². The van der Waals surface area contributed by atoms with Crippen LogP contribution in [0.5, 0.6) is 0 Å². The van der Waals surface area contributed by atoms with E-state index in [4.69, 9.17) is 4.74 Å². The van der Waals surface area contributed by atoms with Gasteiger partial charge in [-0.2, -0.15) is 0 Å². The first-order valence-electron chi connectivity index (χ1n) is 6.66. The van der Waals surface area contributed by atoms with Crippen molar-refractivity contribution in [1.82, 2.24) is 10.2 Å². The average Bonchev–Trinajstić information content (AvgIpc) is 2.64. The Hall–Kier alpha value is -0.610. The first kappa shape index (κ1) is 14.5. The van der Waals surface area contributed by atoms with Gasteiger partial charge < -0.3 is 15.0 Å². The van der Waals surface area contributed by atoms with Crippen LogP contribution in [0.25, 0.3) is 0 Å². The van der Waals surface area contributed by atoms with Crippen molar-refractivity contribution in [3.05, 3.63) is 0 Å². The Bertz CT molecular complexity index is 258. The standard InChI is InChI=1S/C13H26N2O2/c1-5-14-13(4,12(16)17-6-2)10-15-8-7-11(3)9-15/h11,14H,5-10H2,1-4H3. The van der Waals surface area contributed by atoms with Crippen LogP contribution < -0.4 is 5.32 Å². The number of hydrogen-bond donors (Lipinski definition) is 1. The third kappa shape index (κ3) is 3.96. The second-order valence-electron chi connectivity index (χ2n) is 5.21. The molecule has 1 fully saturated rings. The number of nitrogens with zero attached hydrogens (tertiary/aromatic N) is 1. The highest BCUT2D eigenvalue weighted by Gasteiger charge is 2.37.